The van der Waals surface area contributed by atoms with Gasteiger partial charge in [-0.3, -0.25) is 0 Å². The quantitative estimate of drug-likeness (QED) is 0.846. The van der Waals surface area contributed by atoms with E-state index < -0.39 is 0 Å². The van der Waals surface area contributed by atoms with Crippen molar-refractivity contribution in [2.24, 2.45) is 11.8 Å². The van der Waals surface area contributed by atoms with Gasteiger partial charge >= 0.3 is 0 Å². The summed E-state index contributed by atoms with van der Waals surface area (Å²) in [4.78, 5) is 0. The van der Waals surface area contributed by atoms with Crippen LogP contribution in [0.3, 0.4) is 0 Å². The molecule has 0 aromatic heterocycles. The van der Waals surface area contributed by atoms with Crippen molar-refractivity contribution >= 4 is 11.6 Å². The standard InChI is InChI=1S/C17H26ClNO/c1-12(2)10-19-11-17(8-13(3)9-17)15-7-14(18)5-6-16(15)20-4/h5-7,12-13,19H,8-11H2,1-4H3. The Bertz CT molecular complexity index is 452. The van der Waals surface area contributed by atoms with E-state index in [2.05, 4.69) is 32.2 Å². The lowest BCUT2D eigenvalue weighted by atomic mass is 9.59. The number of methoxy groups -OCH3 is 1. The van der Waals surface area contributed by atoms with E-state index in [4.69, 9.17) is 16.3 Å². The van der Waals surface area contributed by atoms with E-state index in [0.717, 1.165) is 29.8 Å². The second kappa shape index (κ2) is 6.36. The van der Waals surface area contributed by atoms with Crippen LogP contribution < -0.4 is 10.1 Å². The monoisotopic (exact) mass is 295 g/mol. The van der Waals surface area contributed by atoms with Gasteiger partial charge in [0.2, 0.25) is 0 Å². The van der Waals surface area contributed by atoms with Gasteiger partial charge in [-0.2, -0.15) is 0 Å². The molecule has 0 unspecified atom stereocenters. The maximum atomic E-state index is 6.21. The van der Waals surface area contributed by atoms with Crippen LogP contribution in [0.2, 0.25) is 5.02 Å². The average molecular weight is 296 g/mol. The van der Waals surface area contributed by atoms with Crippen molar-refractivity contribution in [1.29, 1.82) is 0 Å². The van der Waals surface area contributed by atoms with E-state index in [9.17, 15) is 0 Å². The average Bonchev–Trinajstić information content (AvgIpc) is 2.35. The molecule has 1 aromatic rings. The van der Waals surface area contributed by atoms with E-state index in [1.165, 1.54) is 18.4 Å². The Hall–Kier alpha value is -0.730. The largest absolute Gasteiger partial charge is 0.496 e. The Kier molecular flexibility index (Phi) is 4.98. The van der Waals surface area contributed by atoms with Crippen LogP contribution in [0.25, 0.3) is 0 Å². The molecule has 0 heterocycles. The molecule has 20 heavy (non-hydrogen) atoms. The van der Waals surface area contributed by atoms with Gasteiger partial charge in [-0.15, -0.1) is 0 Å². The van der Waals surface area contributed by atoms with Gasteiger partial charge in [-0.1, -0.05) is 32.4 Å². The highest BCUT2D eigenvalue weighted by molar-refractivity contribution is 6.30. The van der Waals surface area contributed by atoms with Crippen LogP contribution in [0.15, 0.2) is 18.2 Å². The van der Waals surface area contributed by atoms with E-state index >= 15 is 0 Å². The van der Waals surface area contributed by atoms with Crippen molar-refractivity contribution in [3.05, 3.63) is 28.8 Å². The fourth-order valence-corrected chi connectivity index (χ4v) is 3.60. The Morgan fingerprint density at radius 1 is 1.40 bits per heavy atom. The normalized spacial score (nSPS) is 25.6. The fraction of sp³-hybridized carbons (Fsp3) is 0.647. The summed E-state index contributed by atoms with van der Waals surface area (Å²) in [6, 6.07) is 5.98. The lowest BCUT2D eigenvalue weighted by molar-refractivity contribution is 0.147. The lowest BCUT2D eigenvalue weighted by Gasteiger charge is -2.48. The molecule has 0 aliphatic heterocycles. The zero-order valence-corrected chi connectivity index (χ0v) is 13.8. The summed E-state index contributed by atoms with van der Waals surface area (Å²) in [5.74, 6) is 2.41. The summed E-state index contributed by atoms with van der Waals surface area (Å²) in [7, 11) is 1.74. The fourth-order valence-electron chi connectivity index (χ4n) is 3.43. The molecule has 1 aliphatic rings. The Labute approximate surface area is 127 Å². The van der Waals surface area contributed by atoms with Crippen LogP contribution in [-0.2, 0) is 5.41 Å². The van der Waals surface area contributed by atoms with Gasteiger partial charge in [0.25, 0.3) is 0 Å². The molecule has 112 valence electrons. The number of hydrogen-bond donors (Lipinski definition) is 1. The second-order valence-corrected chi connectivity index (χ2v) is 7.10. The predicted octanol–water partition coefficient (Wildman–Crippen LogP) is 4.26. The van der Waals surface area contributed by atoms with Crippen LogP contribution in [0, 0.1) is 11.8 Å². The van der Waals surface area contributed by atoms with Gasteiger partial charge in [0.1, 0.15) is 5.75 Å². The molecule has 0 spiro atoms. The van der Waals surface area contributed by atoms with Crippen molar-refractivity contribution in [2.45, 2.75) is 39.0 Å². The molecule has 2 nitrogen and oxygen atoms in total. The van der Waals surface area contributed by atoms with Crippen LogP contribution >= 0.6 is 11.6 Å². The smallest absolute Gasteiger partial charge is 0.122 e. The topological polar surface area (TPSA) is 21.3 Å². The summed E-state index contributed by atoms with van der Waals surface area (Å²) in [6.07, 6.45) is 2.41. The summed E-state index contributed by atoms with van der Waals surface area (Å²) >= 11 is 6.21. The van der Waals surface area contributed by atoms with Gasteiger partial charge in [0.15, 0.2) is 0 Å². The van der Waals surface area contributed by atoms with E-state index in [0.29, 0.717) is 5.92 Å². The van der Waals surface area contributed by atoms with Crippen molar-refractivity contribution in [3.8, 4) is 5.75 Å². The second-order valence-electron chi connectivity index (χ2n) is 6.66. The van der Waals surface area contributed by atoms with Crippen LogP contribution in [0.1, 0.15) is 39.2 Å². The molecule has 0 bridgehead atoms. The highest BCUT2D eigenvalue weighted by Gasteiger charge is 2.44. The predicted molar refractivity (Wildman–Crippen MR) is 85.8 cm³/mol. The van der Waals surface area contributed by atoms with Gasteiger partial charge in [0.05, 0.1) is 7.11 Å². The number of nitrogens with one attached hydrogen (secondary N) is 1. The first kappa shape index (κ1) is 15.7. The lowest BCUT2D eigenvalue weighted by Crippen LogP contribution is -2.48. The summed E-state index contributed by atoms with van der Waals surface area (Å²) in [6.45, 7) is 8.86. The van der Waals surface area contributed by atoms with Crippen molar-refractivity contribution in [1.82, 2.24) is 5.32 Å². The minimum Gasteiger partial charge on any atom is -0.496 e. The van der Waals surface area contributed by atoms with Crippen LogP contribution in [0.5, 0.6) is 5.75 Å². The molecule has 1 aliphatic carbocycles. The van der Waals surface area contributed by atoms with Crippen LogP contribution in [0.4, 0.5) is 0 Å². The highest BCUT2D eigenvalue weighted by Crippen LogP contribution is 2.50. The molecule has 1 aromatic carbocycles. The first-order valence-electron chi connectivity index (χ1n) is 7.51. The number of rotatable bonds is 6. The first-order chi connectivity index (χ1) is 9.47. The Morgan fingerprint density at radius 3 is 2.65 bits per heavy atom. The van der Waals surface area contributed by atoms with Gasteiger partial charge < -0.3 is 10.1 Å². The highest BCUT2D eigenvalue weighted by atomic mass is 35.5. The van der Waals surface area contributed by atoms with Gasteiger partial charge in [-0.25, -0.2) is 0 Å². The number of halogens is 1. The third kappa shape index (κ3) is 3.29. The maximum absolute atomic E-state index is 6.21. The summed E-state index contributed by atoms with van der Waals surface area (Å²) in [5.41, 5.74) is 1.45. The Balaban J connectivity index is 2.22. The zero-order chi connectivity index (χ0) is 14.8. The summed E-state index contributed by atoms with van der Waals surface area (Å²) < 4.78 is 5.56. The molecule has 0 atom stereocenters. The molecule has 1 saturated carbocycles. The number of benzene rings is 1. The maximum Gasteiger partial charge on any atom is 0.122 e. The molecule has 2 rings (SSSR count). The minimum absolute atomic E-state index is 0.185. The molecule has 0 radical (unpaired) electrons. The van der Waals surface area contributed by atoms with E-state index in [-0.39, 0.29) is 5.41 Å². The third-order valence-corrected chi connectivity index (χ3v) is 4.46. The molecule has 1 fully saturated rings. The molecule has 0 amide bonds. The molecular weight excluding hydrogens is 270 g/mol. The number of hydrogen-bond acceptors (Lipinski definition) is 2. The van der Waals surface area contributed by atoms with Crippen molar-refractivity contribution < 1.29 is 4.74 Å². The molecular formula is C17H26ClNO. The van der Waals surface area contributed by atoms with Crippen LogP contribution in [-0.4, -0.2) is 20.2 Å². The van der Waals surface area contributed by atoms with Crippen molar-refractivity contribution in [3.63, 3.8) is 0 Å². The van der Waals surface area contributed by atoms with Gasteiger partial charge in [0, 0.05) is 22.5 Å². The number of ether oxygens (including phenoxy) is 1. The van der Waals surface area contributed by atoms with E-state index in [1.54, 1.807) is 7.11 Å². The molecule has 0 saturated heterocycles. The summed E-state index contributed by atoms with van der Waals surface area (Å²) in [5, 5.41) is 4.41. The molecule has 1 N–H and O–H groups in total. The van der Waals surface area contributed by atoms with Gasteiger partial charge in [-0.05, 0) is 49.4 Å². The molecule has 3 heteroatoms. The zero-order valence-electron chi connectivity index (χ0n) is 13.0. The van der Waals surface area contributed by atoms with E-state index in [1.807, 2.05) is 12.1 Å². The Morgan fingerprint density at radius 2 is 2.10 bits per heavy atom. The SMILES string of the molecule is COc1ccc(Cl)cc1C1(CNCC(C)C)CC(C)C1. The third-order valence-electron chi connectivity index (χ3n) is 4.23. The first-order valence-corrected chi connectivity index (χ1v) is 7.89. The van der Waals surface area contributed by atoms with Crippen molar-refractivity contribution in [2.75, 3.05) is 20.2 Å². The minimum atomic E-state index is 0.185.